The summed E-state index contributed by atoms with van der Waals surface area (Å²) in [7, 11) is 0. The Bertz CT molecular complexity index is 121. The number of carbonyl (C=O) groups is 1. The fraction of sp³-hybridized carbons (Fsp3) is 0.400. The van der Waals surface area contributed by atoms with Gasteiger partial charge in [0.05, 0.1) is 13.2 Å². The molecule has 52 valence electrons. The molecule has 0 aliphatic rings. The van der Waals surface area contributed by atoms with Crippen molar-refractivity contribution in [1.82, 2.24) is 0 Å². The van der Waals surface area contributed by atoms with Crippen LogP contribution in [0.1, 0.15) is 0 Å². The van der Waals surface area contributed by atoms with E-state index in [0.717, 1.165) is 6.08 Å². The van der Waals surface area contributed by atoms with Crippen LogP contribution in [0.2, 0.25) is 0 Å². The zero-order valence-corrected chi connectivity index (χ0v) is 4.74. The van der Waals surface area contributed by atoms with Gasteiger partial charge in [-0.25, -0.2) is 4.79 Å². The molecule has 0 spiro atoms. The molecule has 0 unspecified atom stereocenters. The van der Waals surface area contributed by atoms with Crippen LogP contribution in [0, 0.1) is 0 Å². The first-order chi connectivity index (χ1) is 4.20. The lowest BCUT2D eigenvalue weighted by Crippen LogP contribution is -2.00. The van der Waals surface area contributed by atoms with Crippen molar-refractivity contribution in [3.63, 3.8) is 0 Å². The van der Waals surface area contributed by atoms with Crippen molar-refractivity contribution in [2.24, 2.45) is 0 Å². The van der Waals surface area contributed by atoms with Crippen molar-refractivity contribution in [3.8, 4) is 0 Å². The van der Waals surface area contributed by atoms with Gasteiger partial charge < -0.3 is 15.3 Å². The minimum Gasteiger partial charge on any atom is -0.478 e. The summed E-state index contributed by atoms with van der Waals surface area (Å²) in [6, 6.07) is 0. The molecule has 0 aromatic heterocycles. The van der Waals surface area contributed by atoms with Crippen LogP contribution in [0.25, 0.3) is 0 Å². The highest BCUT2D eigenvalue weighted by Crippen LogP contribution is 1.88. The molecule has 0 radical (unpaired) electrons. The molecule has 4 heteroatoms. The SMILES string of the molecule is O=C(O)C=C(CO)CO. The summed E-state index contributed by atoms with van der Waals surface area (Å²) in [5, 5.41) is 24.6. The minimum atomic E-state index is -1.16. The number of aliphatic carboxylic acids is 1. The van der Waals surface area contributed by atoms with Crippen LogP contribution in [-0.4, -0.2) is 34.5 Å². The van der Waals surface area contributed by atoms with Gasteiger partial charge in [0.2, 0.25) is 0 Å². The maximum Gasteiger partial charge on any atom is 0.328 e. The van der Waals surface area contributed by atoms with E-state index in [1.165, 1.54) is 0 Å². The molecular formula is C5H8O4. The molecule has 0 aromatic carbocycles. The van der Waals surface area contributed by atoms with E-state index in [-0.39, 0.29) is 5.57 Å². The second kappa shape index (κ2) is 4.05. The van der Waals surface area contributed by atoms with Crippen LogP contribution in [-0.2, 0) is 4.79 Å². The van der Waals surface area contributed by atoms with Gasteiger partial charge >= 0.3 is 5.97 Å². The van der Waals surface area contributed by atoms with Crippen molar-refractivity contribution < 1.29 is 20.1 Å². The molecular weight excluding hydrogens is 124 g/mol. The first kappa shape index (κ1) is 8.13. The Morgan fingerprint density at radius 3 is 1.89 bits per heavy atom. The molecule has 0 amide bonds. The molecule has 0 aliphatic heterocycles. The summed E-state index contributed by atoms with van der Waals surface area (Å²) in [5.74, 6) is -1.16. The monoisotopic (exact) mass is 132 g/mol. The number of aliphatic hydroxyl groups is 2. The fourth-order valence-corrected chi connectivity index (χ4v) is 0.316. The van der Waals surface area contributed by atoms with E-state index in [1.54, 1.807) is 0 Å². The van der Waals surface area contributed by atoms with Gasteiger partial charge in [-0.3, -0.25) is 0 Å². The van der Waals surface area contributed by atoms with E-state index in [1.807, 2.05) is 0 Å². The quantitative estimate of drug-likeness (QED) is 0.429. The fourth-order valence-electron chi connectivity index (χ4n) is 0.316. The lowest BCUT2D eigenvalue weighted by Gasteiger charge is -1.93. The summed E-state index contributed by atoms with van der Waals surface area (Å²) in [5.41, 5.74) is 0.0995. The second-order valence-electron chi connectivity index (χ2n) is 1.46. The average Bonchev–Trinajstić information content (AvgIpc) is 1.82. The molecule has 0 heterocycles. The highest BCUT2D eigenvalue weighted by molar-refractivity contribution is 5.80. The Morgan fingerprint density at radius 2 is 1.78 bits per heavy atom. The first-order valence-corrected chi connectivity index (χ1v) is 2.34. The Morgan fingerprint density at radius 1 is 1.33 bits per heavy atom. The maximum atomic E-state index is 9.83. The van der Waals surface area contributed by atoms with E-state index in [2.05, 4.69) is 0 Å². The highest BCUT2D eigenvalue weighted by Gasteiger charge is 1.94. The molecule has 0 bridgehead atoms. The number of carboxylic acids is 1. The zero-order chi connectivity index (χ0) is 7.28. The van der Waals surface area contributed by atoms with Crippen LogP contribution in [0.15, 0.2) is 11.6 Å². The number of rotatable bonds is 3. The molecule has 3 N–H and O–H groups in total. The maximum absolute atomic E-state index is 9.83. The average molecular weight is 132 g/mol. The third-order valence-electron chi connectivity index (χ3n) is 0.734. The topological polar surface area (TPSA) is 77.8 Å². The lowest BCUT2D eigenvalue weighted by atomic mass is 10.3. The van der Waals surface area contributed by atoms with Gasteiger partial charge in [-0.2, -0.15) is 0 Å². The van der Waals surface area contributed by atoms with Gasteiger partial charge in [-0.15, -0.1) is 0 Å². The summed E-state index contributed by atoms with van der Waals surface area (Å²) in [6.07, 6.45) is 0.778. The summed E-state index contributed by atoms with van der Waals surface area (Å²) < 4.78 is 0. The van der Waals surface area contributed by atoms with Gasteiger partial charge in [0.25, 0.3) is 0 Å². The predicted octanol–water partition coefficient (Wildman–Crippen LogP) is -1.02. The van der Waals surface area contributed by atoms with Crippen molar-refractivity contribution in [2.75, 3.05) is 13.2 Å². The molecule has 0 aromatic rings. The van der Waals surface area contributed by atoms with Crippen LogP contribution in [0.4, 0.5) is 0 Å². The van der Waals surface area contributed by atoms with E-state index < -0.39 is 19.2 Å². The van der Waals surface area contributed by atoms with E-state index in [0.29, 0.717) is 0 Å². The Labute approximate surface area is 52.1 Å². The number of hydrogen-bond acceptors (Lipinski definition) is 3. The lowest BCUT2D eigenvalue weighted by molar-refractivity contribution is -0.131. The predicted molar refractivity (Wildman–Crippen MR) is 29.9 cm³/mol. The molecule has 0 saturated carbocycles. The molecule has 0 rings (SSSR count). The van der Waals surface area contributed by atoms with Crippen molar-refractivity contribution in [2.45, 2.75) is 0 Å². The Balaban J connectivity index is 3.91. The summed E-state index contributed by atoms with van der Waals surface area (Å²) in [4.78, 5) is 9.83. The minimum absolute atomic E-state index is 0.0995. The van der Waals surface area contributed by atoms with Crippen molar-refractivity contribution >= 4 is 5.97 Å². The van der Waals surface area contributed by atoms with Crippen LogP contribution < -0.4 is 0 Å². The van der Waals surface area contributed by atoms with Gasteiger partial charge in [0.15, 0.2) is 0 Å². The smallest absolute Gasteiger partial charge is 0.328 e. The standard InChI is InChI=1S/C5H8O4/c6-2-4(3-7)1-5(8)9/h1,6-7H,2-3H2,(H,8,9). The van der Waals surface area contributed by atoms with Gasteiger partial charge in [0, 0.05) is 6.08 Å². The van der Waals surface area contributed by atoms with E-state index in [4.69, 9.17) is 15.3 Å². The molecule has 0 atom stereocenters. The van der Waals surface area contributed by atoms with Crippen molar-refractivity contribution in [1.29, 1.82) is 0 Å². The van der Waals surface area contributed by atoms with E-state index in [9.17, 15) is 4.79 Å². The molecule has 0 saturated heterocycles. The Kier molecular flexibility index (Phi) is 3.66. The largest absolute Gasteiger partial charge is 0.478 e. The van der Waals surface area contributed by atoms with Crippen molar-refractivity contribution in [3.05, 3.63) is 11.6 Å². The molecule has 4 nitrogen and oxygen atoms in total. The molecule has 0 aliphatic carbocycles. The normalized spacial score (nSPS) is 8.67. The number of hydrogen-bond donors (Lipinski definition) is 3. The van der Waals surface area contributed by atoms with Gasteiger partial charge in [0.1, 0.15) is 0 Å². The van der Waals surface area contributed by atoms with Gasteiger partial charge in [-0.05, 0) is 5.57 Å². The summed E-state index contributed by atoms with van der Waals surface area (Å²) in [6.45, 7) is -0.828. The molecule has 9 heavy (non-hydrogen) atoms. The zero-order valence-electron chi connectivity index (χ0n) is 4.74. The number of carboxylic acid groups (broad SMARTS) is 1. The Hall–Kier alpha value is -0.870. The third kappa shape index (κ3) is 3.69. The second-order valence-corrected chi connectivity index (χ2v) is 1.46. The number of aliphatic hydroxyl groups excluding tert-OH is 2. The summed E-state index contributed by atoms with van der Waals surface area (Å²) >= 11 is 0. The first-order valence-electron chi connectivity index (χ1n) is 2.34. The van der Waals surface area contributed by atoms with Gasteiger partial charge in [-0.1, -0.05) is 0 Å². The van der Waals surface area contributed by atoms with E-state index >= 15 is 0 Å². The highest BCUT2D eigenvalue weighted by atomic mass is 16.4. The van der Waals surface area contributed by atoms with Crippen LogP contribution in [0.3, 0.4) is 0 Å². The third-order valence-corrected chi connectivity index (χ3v) is 0.734. The van der Waals surface area contributed by atoms with Crippen LogP contribution >= 0.6 is 0 Å². The van der Waals surface area contributed by atoms with Crippen LogP contribution in [0.5, 0.6) is 0 Å². The molecule has 0 fully saturated rings.